The molecule has 0 amide bonds. The van der Waals surface area contributed by atoms with Gasteiger partial charge in [0.1, 0.15) is 0 Å². The predicted octanol–water partition coefficient (Wildman–Crippen LogP) is 2.90. The average molecular weight is 202 g/mol. The molecule has 0 N–H and O–H groups in total. The van der Waals surface area contributed by atoms with Crippen LogP contribution in [0.4, 0.5) is 4.39 Å². The Morgan fingerprint density at radius 3 is 2.67 bits per heavy atom. The van der Waals surface area contributed by atoms with Gasteiger partial charge in [-0.05, 0) is 26.0 Å². The molecule has 2 aromatic rings. The quantitative estimate of drug-likeness (QED) is 0.664. The molecule has 0 aromatic carbocycles. The summed E-state index contributed by atoms with van der Waals surface area (Å²) in [4.78, 5) is 7.89. The number of nitrogens with zero attached hydrogens (tertiary/aromatic N) is 2. The van der Waals surface area contributed by atoms with E-state index in [-0.39, 0.29) is 0 Å². The van der Waals surface area contributed by atoms with Gasteiger partial charge in [-0.15, -0.1) is 0 Å². The fourth-order valence-corrected chi connectivity index (χ4v) is 1.49. The third-order valence-electron chi connectivity index (χ3n) is 2.33. The number of aromatic nitrogens is 2. The first-order chi connectivity index (χ1) is 7.18. The van der Waals surface area contributed by atoms with Gasteiger partial charge < -0.3 is 0 Å². The first-order valence-electron chi connectivity index (χ1n) is 4.72. The van der Waals surface area contributed by atoms with Gasteiger partial charge in [-0.25, -0.2) is 4.98 Å². The van der Waals surface area contributed by atoms with E-state index in [4.69, 9.17) is 0 Å². The van der Waals surface area contributed by atoms with Crippen molar-refractivity contribution in [2.45, 2.75) is 13.8 Å². The van der Waals surface area contributed by atoms with Crippen LogP contribution in [0.1, 0.15) is 11.3 Å². The van der Waals surface area contributed by atoms with E-state index >= 15 is 0 Å². The summed E-state index contributed by atoms with van der Waals surface area (Å²) in [6, 6.07) is 5.60. The van der Waals surface area contributed by atoms with Crippen LogP contribution < -0.4 is 0 Å². The van der Waals surface area contributed by atoms with Crippen LogP contribution in [0.5, 0.6) is 0 Å². The SMILES string of the molecule is Cc1cc(-c2cccnc2C)cnc1F. The Labute approximate surface area is 87.8 Å². The maximum absolute atomic E-state index is 13.0. The van der Waals surface area contributed by atoms with Crippen LogP contribution in [0.2, 0.25) is 0 Å². The van der Waals surface area contributed by atoms with E-state index in [9.17, 15) is 4.39 Å². The Balaban J connectivity index is 2.55. The van der Waals surface area contributed by atoms with Gasteiger partial charge in [0.2, 0.25) is 5.95 Å². The standard InChI is InChI=1S/C12H11FN2/c1-8-6-10(7-15-12(8)13)11-4-3-5-14-9(11)2/h3-7H,1-2H3. The number of pyridine rings is 2. The summed E-state index contributed by atoms with van der Waals surface area (Å²) in [5.41, 5.74) is 3.37. The molecule has 2 aromatic heterocycles. The van der Waals surface area contributed by atoms with E-state index in [2.05, 4.69) is 9.97 Å². The van der Waals surface area contributed by atoms with Crippen LogP contribution in [-0.4, -0.2) is 9.97 Å². The first-order valence-corrected chi connectivity index (χ1v) is 4.72. The van der Waals surface area contributed by atoms with Gasteiger partial charge in [0.15, 0.2) is 0 Å². The highest BCUT2D eigenvalue weighted by molar-refractivity contribution is 5.65. The molecular weight excluding hydrogens is 191 g/mol. The minimum absolute atomic E-state index is 0.416. The van der Waals surface area contributed by atoms with Crippen molar-refractivity contribution in [2.24, 2.45) is 0 Å². The van der Waals surface area contributed by atoms with E-state index in [1.165, 1.54) is 6.20 Å². The molecule has 2 heterocycles. The molecule has 0 fully saturated rings. The molecule has 0 aliphatic rings. The summed E-state index contributed by atoms with van der Waals surface area (Å²) in [5.74, 6) is -0.416. The molecule has 0 aliphatic carbocycles. The second-order valence-electron chi connectivity index (χ2n) is 3.47. The van der Waals surface area contributed by atoms with E-state index in [0.717, 1.165) is 16.8 Å². The Morgan fingerprint density at radius 1 is 1.20 bits per heavy atom. The molecule has 0 unspecified atom stereocenters. The number of halogens is 1. The van der Waals surface area contributed by atoms with Gasteiger partial charge >= 0.3 is 0 Å². The molecule has 0 spiro atoms. The van der Waals surface area contributed by atoms with Crippen molar-refractivity contribution in [3.63, 3.8) is 0 Å². The Bertz CT molecular complexity index is 495. The maximum Gasteiger partial charge on any atom is 0.215 e. The van der Waals surface area contributed by atoms with Crippen molar-refractivity contribution in [3.05, 3.63) is 47.8 Å². The predicted molar refractivity (Wildman–Crippen MR) is 56.9 cm³/mol. The van der Waals surface area contributed by atoms with Crippen molar-refractivity contribution in [1.82, 2.24) is 9.97 Å². The lowest BCUT2D eigenvalue weighted by atomic mass is 10.1. The van der Waals surface area contributed by atoms with Gasteiger partial charge in [-0.1, -0.05) is 6.07 Å². The molecule has 76 valence electrons. The third-order valence-corrected chi connectivity index (χ3v) is 2.33. The van der Waals surface area contributed by atoms with E-state index in [0.29, 0.717) is 5.56 Å². The summed E-state index contributed by atoms with van der Waals surface area (Å²) < 4.78 is 13.0. The highest BCUT2D eigenvalue weighted by Gasteiger charge is 2.05. The first kappa shape index (κ1) is 9.77. The molecule has 0 aliphatic heterocycles. The van der Waals surface area contributed by atoms with Crippen molar-refractivity contribution < 1.29 is 4.39 Å². The largest absolute Gasteiger partial charge is 0.261 e. The lowest BCUT2D eigenvalue weighted by Gasteiger charge is -2.05. The van der Waals surface area contributed by atoms with E-state index in [1.807, 2.05) is 19.1 Å². The molecular formula is C12H11FN2. The summed E-state index contributed by atoms with van der Waals surface area (Å²) >= 11 is 0. The minimum Gasteiger partial charge on any atom is -0.261 e. The van der Waals surface area contributed by atoms with Crippen LogP contribution in [0, 0.1) is 19.8 Å². The van der Waals surface area contributed by atoms with Crippen molar-refractivity contribution in [1.29, 1.82) is 0 Å². The zero-order valence-corrected chi connectivity index (χ0v) is 8.66. The van der Waals surface area contributed by atoms with Crippen molar-refractivity contribution in [2.75, 3.05) is 0 Å². The molecule has 2 rings (SSSR count). The maximum atomic E-state index is 13.0. The molecule has 0 atom stereocenters. The lowest BCUT2D eigenvalue weighted by molar-refractivity contribution is 0.575. The van der Waals surface area contributed by atoms with Gasteiger partial charge in [-0.3, -0.25) is 4.98 Å². The van der Waals surface area contributed by atoms with Crippen LogP contribution in [0.15, 0.2) is 30.6 Å². The zero-order valence-electron chi connectivity index (χ0n) is 8.66. The average Bonchev–Trinajstić information content (AvgIpc) is 2.23. The number of aryl methyl sites for hydroxylation is 2. The summed E-state index contributed by atoms with van der Waals surface area (Å²) in [6.45, 7) is 3.63. The number of hydrogen-bond acceptors (Lipinski definition) is 2. The third kappa shape index (κ3) is 1.86. The van der Waals surface area contributed by atoms with Crippen LogP contribution in [-0.2, 0) is 0 Å². The summed E-state index contributed by atoms with van der Waals surface area (Å²) in [7, 11) is 0. The highest BCUT2D eigenvalue weighted by Crippen LogP contribution is 2.22. The normalized spacial score (nSPS) is 10.3. The number of rotatable bonds is 1. The van der Waals surface area contributed by atoms with Crippen molar-refractivity contribution >= 4 is 0 Å². The molecule has 2 nitrogen and oxygen atoms in total. The molecule has 3 heteroatoms. The van der Waals surface area contributed by atoms with Crippen LogP contribution in [0.25, 0.3) is 11.1 Å². The van der Waals surface area contributed by atoms with E-state index in [1.54, 1.807) is 19.2 Å². The highest BCUT2D eigenvalue weighted by atomic mass is 19.1. The topological polar surface area (TPSA) is 25.8 Å². The van der Waals surface area contributed by atoms with E-state index < -0.39 is 5.95 Å². The Hall–Kier alpha value is -1.77. The van der Waals surface area contributed by atoms with Gasteiger partial charge in [0.25, 0.3) is 0 Å². The summed E-state index contributed by atoms with van der Waals surface area (Å²) in [5, 5.41) is 0. The molecule has 0 radical (unpaired) electrons. The molecule has 0 saturated carbocycles. The smallest absolute Gasteiger partial charge is 0.215 e. The number of hydrogen-bond donors (Lipinski definition) is 0. The fourth-order valence-electron chi connectivity index (χ4n) is 1.49. The summed E-state index contributed by atoms with van der Waals surface area (Å²) in [6.07, 6.45) is 3.27. The fraction of sp³-hybridized carbons (Fsp3) is 0.167. The van der Waals surface area contributed by atoms with Gasteiger partial charge in [-0.2, -0.15) is 4.39 Å². The monoisotopic (exact) mass is 202 g/mol. The lowest BCUT2D eigenvalue weighted by Crippen LogP contribution is -1.92. The van der Waals surface area contributed by atoms with Gasteiger partial charge in [0, 0.05) is 34.8 Å². The van der Waals surface area contributed by atoms with Crippen LogP contribution >= 0.6 is 0 Å². The second-order valence-corrected chi connectivity index (χ2v) is 3.47. The molecule has 0 saturated heterocycles. The van der Waals surface area contributed by atoms with Crippen molar-refractivity contribution in [3.8, 4) is 11.1 Å². The molecule has 0 bridgehead atoms. The second kappa shape index (κ2) is 3.77. The Kier molecular flexibility index (Phi) is 2.46. The zero-order chi connectivity index (χ0) is 10.8. The van der Waals surface area contributed by atoms with Gasteiger partial charge in [0.05, 0.1) is 0 Å². The minimum atomic E-state index is -0.416. The molecule has 15 heavy (non-hydrogen) atoms. The Morgan fingerprint density at radius 2 is 2.00 bits per heavy atom. The van der Waals surface area contributed by atoms with Crippen LogP contribution in [0.3, 0.4) is 0 Å².